The van der Waals surface area contributed by atoms with Crippen molar-refractivity contribution >= 4 is 53.3 Å². The van der Waals surface area contributed by atoms with Crippen LogP contribution in [0.25, 0.3) is 0 Å². The average Bonchev–Trinajstić information content (AvgIpc) is 3.13. The van der Waals surface area contributed by atoms with Gasteiger partial charge in [-0.05, 0) is 18.6 Å². The summed E-state index contributed by atoms with van der Waals surface area (Å²) in [6, 6.07) is 3.66. The number of anilines is 2. The number of aliphatic imine (C=N–C) groups is 1. The van der Waals surface area contributed by atoms with Gasteiger partial charge in [0, 0.05) is 52.5 Å². The number of carbonyl (C=O) groups excluding carboxylic acids is 2. The SMILES string of the molecule is CN=C(NCCC(=O)Nc1ccc(C)cn1)N1CCN(c2cnn(C)c2)C(=O)C1.I. The molecule has 0 aromatic carbocycles. The van der Waals surface area contributed by atoms with Gasteiger partial charge in [-0.3, -0.25) is 19.3 Å². The van der Waals surface area contributed by atoms with Crippen LogP contribution in [0.15, 0.2) is 35.7 Å². The number of hydrogen-bond acceptors (Lipinski definition) is 5. The Kier molecular flexibility index (Phi) is 8.57. The minimum atomic E-state index is -0.137. The Bertz CT molecular complexity index is 896. The van der Waals surface area contributed by atoms with Crippen LogP contribution in [0.5, 0.6) is 0 Å². The van der Waals surface area contributed by atoms with Crippen molar-refractivity contribution in [3.8, 4) is 0 Å². The molecule has 1 aliphatic heterocycles. The van der Waals surface area contributed by atoms with Gasteiger partial charge in [0.15, 0.2) is 5.96 Å². The second kappa shape index (κ2) is 10.9. The highest BCUT2D eigenvalue weighted by Crippen LogP contribution is 2.16. The molecule has 1 aliphatic rings. The normalized spacial score (nSPS) is 14.4. The van der Waals surface area contributed by atoms with E-state index in [1.54, 1.807) is 35.1 Å². The van der Waals surface area contributed by atoms with E-state index in [0.717, 1.165) is 11.3 Å². The Morgan fingerprint density at radius 1 is 1.27 bits per heavy atom. The van der Waals surface area contributed by atoms with Gasteiger partial charge in [-0.15, -0.1) is 24.0 Å². The molecular weight excluding hydrogens is 499 g/mol. The number of piperazine rings is 1. The second-order valence-corrected chi connectivity index (χ2v) is 6.83. The molecule has 30 heavy (non-hydrogen) atoms. The summed E-state index contributed by atoms with van der Waals surface area (Å²) in [7, 11) is 3.48. The van der Waals surface area contributed by atoms with Gasteiger partial charge in [0.25, 0.3) is 0 Å². The third kappa shape index (κ3) is 6.15. The lowest BCUT2D eigenvalue weighted by atomic mass is 10.3. The van der Waals surface area contributed by atoms with E-state index < -0.39 is 0 Å². The number of nitrogens with zero attached hydrogens (tertiary/aromatic N) is 6. The van der Waals surface area contributed by atoms with Crippen molar-refractivity contribution in [1.82, 2.24) is 25.0 Å². The number of halogens is 1. The number of rotatable bonds is 5. The van der Waals surface area contributed by atoms with Crippen molar-refractivity contribution in [3.63, 3.8) is 0 Å². The fraction of sp³-hybridized carbons (Fsp3) is 0.421. The van der Waals surface area contributed by atoms with Crippen molar-refractivity contribution in [3.05, 3.63) is 36.3 Å². The maximum atomic E-state index is 12.5. The molecule has 11 heteroatoms. The van der Waals surface area contributed by atoms with Gasteiger partial charge in [0.05, 0.1) is 11.9 Å². The summed E-state index contributed by atoms with van der Waals surface area (Å²) in [5.74, 6) is 0.977. The molecule has 162 valence electrons. The molecular formula is C19H27IN8O2. The van der Waals surface area contributed by atoms with Crippen LogP contribution in [-0.4, -0.2) is 70.7 Å². The van der Waals surface area contributed by atoms with Crippen LogP contribution in [0.3, 0.4) is 0 Å². The minimum Gasteiger partial charge on any atom is -0.356 e. The molecule has 2 amide bonds. The zero-order valence-corrected chi connectivity index (χ0v) is 19.7. The molecule has 3 heterocycles. The number of carbonyl (C=O) groups is 2. The van der Waals surface area contributed by atoms with Crippen molar-refractivity contribution in [1.29, 1.82) is 0 Å². The van der Waals surface area contributed by atoms with Gasteiger partial charge in [0.1, 0.15) is 12.4 Å². The summed E-state index contributed by atoms with van der Waals surface area (Å²) in [5, 5.41) is 10.0. The number of aromatic nitrogens is 3. The minimum absolute atomic E-state index is 0. The Morgan fingerprint density at radius 3 is 2.67 bits per heavy atom. The first-order valence-corrected chi connectivity index (χ1v) is 9.43. The number of aryl methyl sites for hydroxylation is 2. The number of pyridine rings is 1. The fourth-order valence-electron chi connectivity index (χ4n) is 3.04. The zero-order valence-electron chi connectivity index (χ0n) is 17.3. The Balaban J connectivity index is 0.00000320. The standard InChI is InChI=1S/C19H26N8O2.HI/c1-14-4-5-16(22-10-14)24-17(28)6-7-21-19(20-2)26-8-9-27(18(29)13-26)15-11-23-25(3)12-15;/h4-5,10-12H,6-9,13H2,1-3H3,(H,20,21)(H,22,24,28);1H. The van der Waals surface area contributed by atoms with E-state index in [4.69, 9.17) is 0 Å². The number of amides is 2. The number of guanidine groups is 1. The van der Waals surface area contributed by atoms with E-state index in [1.165, 1.54) is 0 Å². The van der Waals surface area contributed by atoms with Gasteiger partial charge < -0.3 is 20.4 Å². The zero-order chi connectivity index (χ0) is 20.8. The largest absolute Gasteiger partial charge is 0.356 e. The smallest absolute Gasteiger partial charge is 0.246 e. The molecule has 1 fully saturated rings. The Hall–Kier alpha value is -2.70. The molecule has 1 saturated heterocycles. The summed E-state index contributed by atoms with van der Waals surface area (Å²) in [6.07, 6.45) is 5.47. The van der Waals surface area contributed by atoms with Gasteiger partial charge in [-0.2, -0.15) is 5.10 Å². The molecule has 0 radical (unpaired) electrons. The molecule has 10 nitrogen and oxygen atoms in total. The van der Waals surface area contributed by atoms with E-state index in [1.807, 2.05) is 31.1 Å². The predicted octanol–water partition coefficient (Wildman–Crippen LogP) is 0.994. The van der Waals surface area contributed by atoms with E-state index in [0.29, 0.717) is 31.4 Å². The number of hydrogen-bond donors (Lipinski definition) is 2. The van der Waals surface area contributed by atoms with Gasteiger partial charge in [-0.25, -0.2) is 4.98 Å². The first-order chi connectivity index (χ1) is 14.0. The predicted molar refractivity (Wildman–Crippen MR) is 126 cm³/mol. The molecule has 2 aromatic rings. The van der Waals surface area contributed by atoms with Crippen LogP contribution in [-0.2, 0) is 16.6 Å². The Labute approximate surface area is 192 Å². The summed E-state index contributed by atoms with van der Waals surface area (Å²) >= 11 is 0. The van der Waals surface area contributed by atoms with Gasteiger partial charge in [-0.1, -0.05) is 6.07 Å². The Morgan fingerprint density at radius 2 is 2.07 bits per heavy atom. The summed E-state index contributed by atoms with van der Waals surface area (Å²) in [5.41, 5.74) is 1.83. The highest BCUT2D eigenvalue weighted by molar-refractivity contribution is 14.0. The monoisotopic (exact) mass is 526 g/mol. The molecule has 0 atom stereocenters. The van der Waals surface area contributed by atoms with Crippen molar-refractivity contribution in [2.45, 2.75) is 13.3 Å². The van der Waals surface area contributed by atoms with E-state index >= 15 is 0 Å². The van der Waals surface area contributed by atoms with Crippen LogP contribution >= 0.6 is 24.0 Å². The van der Waals surface area contributed by atoms with Crippen molar-refractivity contribution in [2.75, 3.05) is 43.4 Å². The van der Waals surface area contributed by atoms with E-state index in [9.17, 15) is 9.59 Å². The van der Waals surface area contributed by atoms with Crippen molar-refractivity contribution in [2.24, 2.45) is 12.0 Å². The third-order valence-corrected chi connectivity index (χ3v) is 4.55. The molecule has 0 aliphatic carbocycles. The molecule has 0 saturated carbocycles. The maximum Gasteiger partial charge on any atom is 0.246 e. The van der Waals surface area contributed by atoms with Gasteiger partial charge >= 0.3 is 0 Å². The highest BCUT2D eigenvalue weighted by Gasteiger charge is 2.27. The molecule has 2 aromatic heterocycles. The highest BCUT2D eigenvalue weighted by atomic mass is 127. The quantitative estimate of drug-likeness (QED) is 0.342. The van der Waals surface area contributed by atoms with Crippen molar-refractivity contribution < 1.29 is 9.59 Å². The second-order valence-electron chi connectivity index (χ2n) is 6.83. The van der Waals surface area contributed by atoms with Crippen LogP contribution in [0.1, 0.15) is 12.0 Å². The van der Waals surface area contributed by atoms with Gasteiger partial charge in [0.2, 0.25) is 11.8 Å². The maximum absolute atomic E-state index is 12.5. The molecule has 3 rings (SSSR count). The lowest BCUT2D eigenvalue weighted by Crippen LogP contribution is -2.55. The average molecular weight is 526 g/mol. The molecule has 2 N–H and O–H groups in total. The lowest BCUT2D eigenvalue weighted by Gasteiger charge is -2.35. The van der Waals surface area contributed by atoms with Crippen LogP contribution in [0.4, 0.5) is 11.5 Å². The molecule has 0 spiro atoms. The first kappa shape index (κ1) is 23.6. The molecule has 0 bridgehead atoms. The topological polar surface area (TPSA) is 108 Å². The fourth-order valence-corrected chi connectivity index (χ4v) is 3.04. The summed E-state index contributed by atoms with van der Waals surface area (Å²) in [6.45, 7) is 3.75. The van der Waals surface area contributed by atoms with Crippen LogP contribution in [0, 0.1) is 6.92 Å². The van der Waals surface area contributed by atoms with Crippen LogP contribution < -0.4 is 15.5 Å². The summed E-state index contributed by atoms with van der Waals surface area (Å²) < 4.78 is 1.67. The third-order valence-electron chi connectivity index (χ3n) is 4.55. The number of nitrogens with one attached hydrogen (secondary N) is 2. The van der Waals surface area contributed by atoms with E-state index in [-0.39, 0.29) is 48.8 Å². The van der Waals surface area contributed by atoms with E-state index in [2.05, 4.69) is 25.7 Å². The first-order valence-electron chi connectivity index (χ1n) is 9.43. The molecule has 0 unspecified atom stereocenters. The van der Waals surface area contributed by atoms with Crippen LogP contribution in [0.2, 0.25) is 0 Å². The lowest BCUT2D eigenvalue weighted by molar-refractivity contribution is -0.120. The summed E-state index contributed by atoms with van der Waals surface area (Å²) in [4.78, 5) is 36.6.